The first-order valence-corrected chi connectivity index (χ1v) is 14.0. The van der Waals surface area contributed by atoms with Gasteiger partial charge in [-0.05, 0) is 0 Å². The summed E-state index contributed by atoms with van der Waals surface area (Å²) in [7, 11) is 0. The van der Waals surface area contributed by atoms with Gasteiger partial charge < -0.3 is 0 Å². The molecule has 35 heavy (non-hydrogen) atoms. The standard InChI is InChI=1S/C32H20N2Te/c1-2-9-21(10-3-1)31-32(34-28-15-6-5-14-27(28)33-31)24-12-8-11-22(19-24)23-17-18-30-26(20-23)25-13-4-7-16-29(25)35-30/h1-20H. The van der Waals surface area contributed by atoms with Gasteiger partial charge in [0.25, 0.3) is 0 Å². The Bertz CT molecular complexity index is 1850. The van der Waals surface area contributed by atoms with E-state index in [9.17, 15) is 0 Å². The van der Waals surface area contributed by atoms with Crippen LogP contribution >= 0.6 is 0 Å². The molecule has 7 aromatic rings. The zero-order chi connectivity index (χ0) is 23.2. The molecule has 0 amide bonds. The van der Waals surface area contributed by atoms with Crippen molar-refractivity contribution in [2.24, 2.45) is 0 Å². The minimum absolute atomic E-state index is 0.290. The fraction of sp³-hybridized carbons (Fsp3) is 0. The van der Waals surface area contributed by atoms with Crippen molar-refractivity contribution < 1.29 is 0 Å². The molecule has 0 saturated heterocycles. The van der Waals surface area contributed by atoms with E-state index in [1.165, 1.54) is 28.7 Å². The Kier molecular flexibility index (Phi) is 4.98. The molecule has 0 bridgehead atoms. The molecular formula is C32H20N2Te. The molecule has 2 heterocycles. The van der Waals surface area contributed by atoms with Crippen LogP contribution in [-0.2, 0) is 0 Å². The van der Waals surface area contributed by atoms with Crippen molar-refractivity contribution in [3.8, 4) is 33.6 Å². The van der Waals surface area contributed by atoms with Crippen LogP contribution in [0.3, 0.4) is 0 Å². The average Bonchev–Trinajstić information content (AvgIpc) is 3.31. The minimum atomic E-state index is -0.290. The number of aromatic nitrogens is 2. The van der Waals surface area contributed by atoms with Gasteiger partial charge in [-0.2, -0.15) is 0 Å². The molecule has 0 N–H and O–H groups in total. The molecule has 0 fully saturated rings. The molecule has 0 aliphatic heterocycles. The van der Waals surface area contributed by atoms with Crippen molar-refractivity contribution >= 4 is 49.0 Å². The summed E-state index contributed by atoms with van der Waals surface area (Å²) in [6.07, 6.45) is 0. The van der Waals surface area contributed by atoms with Crippen LogP contribution in [0.15, 0.2) is 121 Å². The van der Waals surface area contributed by atoms with Gasteiger partial charge in [0, 0.05) is 0 Å². The molecule has 5 aromatic carbocycles. The van der Waals surface area contributed by atoms with Crippen molar-refractivity contribution in [3.63, 3.8) is 0 Å². The molecule has 3 heteroatoms. The van der Waals surface area contributed by atoms with Gasteiger partial charge in [-0.1, -0.05) is 12.1 Å². The zero-order valence-electron chi connectivity index (χ0n) is 18.8. The monoisotopic (exact) mass is 562 g/mol. The van der Waals surface area contributed by atoms with Crippen molar-refractivity contribution in [2.45, 2.75) is 0 Å². The van der Waals surface area contributed by atoms with Crippen LogP contribution in [0.2, 0.25) is 0 Å². The summed E-state index contributed by atoms with van der Waals surface area (Å²) < 4.78 is 3.07. The number of hydrogen-bond acceptors (Lipinski definition) is 2. The van der Waals surface area contributed by atoms with E-state index in [0.29, 0.717) is 0 Å². The summed E-state index contributed by atoms with van der Waals surface area (Å²) in [5.74, 6) is 0. The molecule has 0 aliphatic carbocycles. The van der Waals surface area contributed by atoms with Crippen LogP contribution in [0.1, 0.15) is 0 Å². The van der Waals surface area contributed by atoms with Crippen LogP contribution in [0.5, 0.6) is 0 Å². The van der Waals surface area contributed by atoms with Gasteiger partial charge in [0.05, 0.1) is 0 Å². The van der Waals surface area contributed by atoms with E-state index < -0.39 is 0 Å². The van der Waals surface area contributed by atoms with E-state index in [1.807, 2.05) is 30.3 Å². The molecule has 0 saturated carbocycles. The SMILES string of the molecule is c1ccc(-c2nc3ccccc3nc2-c2cccc(-c3ccc4[te]c5ccccc5c4c3)c2)cc1. The molecule has 0 spiro atoms. The average molecular weight is 560 g/mol. The number of para-hydroxylation sites is 2. The summed E-state index contributed by atoms with van der Waals surface area (Å²) in [6.45, 7) is 0. The van der Waals surface area contributed by atoms with E-state index in [4.69, 9.17) is 9.97 Å². The van der Waals surface area contributed by atoms with Crippen LogP contribution in [0.25, 0.3) is 62.3 Å². The Morgan fingerprint density at radius 3 is 1.83 bits per heavy atom. The second-order valence-electron chi connectivity index (χ2n) is 8.67. The van der Waals surface area contributed by atoms with Crippen molar-refractivity contribution in [1.29, 1.82) is 0 Å². The van der Waals surface area contributed by atoms with Gasteiger partial charge in [0.2, 0.25) is 0 Å². The molecule has 0 unspecified atom stereocenters. The molecular weight excluding hydrogens is 540 g/mol. The molecule has 0 radical (unpaired) electrons. The van der Waals surface area contributed by atoms with Crippen LogP contribution in [0.4, 0.5) is 0 Å². The first kappa shape index (κ1) is 20.6. The van der Waals surface area contributed by atoms with Gasteiger partial charge >= 0.3 is 202 Å². The van der Waals surface area contributed by atoms with Gasteiger partial charge in [-0.3, -0.25) is 0 Å². The topological polar surface area (TPSA) is 25.8 Å². The Labute approximate surface area is 213 Å². The summed E-state index contributed by atoms with van der Waals surface area (Å²) in [6, 6.07) is 43.0. The van der Waals surface area contributed by atoms with Crippen molar-refractivity contribution in [3.05, 3.63) is 121 Å². The third-order valence-corrected chi connectivity index (χ3v) is 9.75. The van der Waals surface area contributed by atoms with Gasteiger partial charge in [0.1, 0.15) is 0 Å². The first-order chi connectivity index (χ1) is 17.3. The number of benzene rings is 5. The predicted octanol–water partition coefficient (Wildman–Crippen LogP) is 7.99. The summed E-state index contributed by atoms with van der Waals surface area (Å²) in [5.41, 5.74) is 8.23. The first-order valence-electron chi connectivity index (χ1n) is 11.7. The fourth-order valence-corrected chi connectivity index (χ4v) is 7.85. The third-order valence-electron chi connectivity index (χ3n) is 6.46. The maximum absolute atomic E-state index is 5.09. The molecule has 2 aromatic heterocycles. The fourth-order valence-electron chi connectivity index (χ4n) is 4.75. The second kappa shape index (κ2) is 8.47. The number of fused-ring (bicyclic) bond motifs is 4. The van der Waals surface area contributed by atoms with Crippen LogP contribution in [-0.4, -0.2) is 30.4 Å². The Hall–Kier alpha value is -3.77. The Morgan fingerprint density at radius 1 is 0.400 bits per heavy atom. The maximum atomic E-state index is 5.09. The molecule has 7 rings (SSSR count). The summed E-state index contributed by atoms with van der Waals surface area (Å²) in [5, 5.41) is 2.82. The van der Waals surface area contributed by atoms with Gasteiger partial charge in [-0.15, -0.1) is 0 Å². The quantitative estimate of drug-likeness (QED) is 0.205. The van der Waals surface area contributed by atoms with E-state index in [2.05, 4.69) is 91.0 Å². The summed E-state index contributed by atoms with van der Waals surface area (Å²) >= 11 is -0.290. The third kappa shape index (κ3) is 3.65. The second-order valence-corrected chi connectivity index (χ2v) is 11.8. The number of nitrogens with zero attached hydrogens (tertiary/aromatic N) is 2. The van der Waals surface area contributed by atoms with E-state index in [-0.39, 0.29) is 20.4 Å². The molecule has 164 valence electrons. The Morgan fingerprint density at radius 2 is 1.00 bits per heavy atom. The molecule has 0 atom stereocenters. The summed E-state index contributed by atoms with van der Waals surface area (Å²) in [4.78, 5) is 10.1. The van der Waals surface area contributed by atoms with E-state index in [0.717, 1.165) is 33.5 Å². The van der Waals surface area contributed by atoms with Crippen molar-refractivity contribution in [2.75, 3.05) is 0 Å². The van der Waals surface area contributed by atoms with E-state index >= 15 is 0 Å². The van der Waals surface area contributed by atoms with Crippen LogP contribution in [0, 0.1) is 0 Å². The van der Waals surface area contributed by atoms with Crippen molar-refractivity contribution in [1.82, 2.24) is 9.97 Å². The Balaban J connectivity index is 1.41. The van der Waals surface area contributed by atoms with Gasteiger partial charge in [0.15, 0.2) is 0 Å². The number of rotatable bonds is 3. The normalized spacial score (nSPS) is 11.4. The van der Waals surface area contributed by atoms with E-state index in [1.54, 1.807) is 0 Å². The van der Waals surface area contributed by atoms with Gasteiger partial charge in [-0.25, -0.2) is 0 Å². The van der Waals surface area contributed by atoms with Crippen LogP contribution < -0.4 is 0 Å². The predicted molar refractivity (Wildman–Crippen MR) is 148 cm³/mol. The number of hydrogen-bond donors (Lipinski definition) is 0. The molecule has 2 nitrogen and oxygen atoms in total. The zero-order valence-corrected chi connectivity index (χ0v) is 21.2. The molecule has 0 aliphatic rings.